The molecule has 0 amide bonds. The minimum atomic E-state index is 0.860. The molecule has 0 spiro atoms. The summed E-state index contributed by atoms with van der Waals surface area (Å²) < 4.78 is 1.79. The second-order valence-electron chi connectivity index (χ2n) is 3.67. The lowest BCUT2D eigenvalue weighted by Crippen LogP contribution is -1.92. The first kappa shape index (κ1) is 17.2. The molecule has 0 aliphatic carbocycles. The minimum Gasteiger partial charge on any atom is -0.398 e. The predicted octanol–water partition coefficient (Wildman–Crippen LogP) is 4.28. The molecular weight excluding hydrogens is 234 g/mol. The lowest BCUT2D eigenvalue weighted by molar-refractivity contribution is 0.768. The van der Waals surface area contributed by atoms with Crippen molar-refractivity contribution in [2.75, 3.05) is 5.73 Å². The number of nitrogens with two attached hydrogens (primary N) is 1. The molecule has 0 radical (unpaired) electrons. The third kappa shape index (κ3) is 4.78. The van der Waals surface area contributed by atoms with Gasteiger partial charge in [-0.2, -0.15) is 5.10 Å². The molecule has 1 heterocycles. The van der Waals surface area contributed by atoms with Crippen LogP contribution in [-0.2, 0) is 13.5 Å². The molecule has 1 aromatic heterocycles. The summed E-state index contributed by atoms with van der Waals surface area (Å²) in [6, 6.07) is 6.18. The summed E-state index contributed by atoms with van der Waals surface area (Å²) in [5.41, 5.74) is 10.2. The lowest BCUT2D eigenvalue weighted by Gasteiger charge is -2.04. The van der Waals surface area contributed by atoms with Crippen LogP contribution in [0.25, 0.3) is 11.1 Å². The maximum absolute atomic E-state index is 5.95. The van der Waals surface area contributed by atoms with Gasteiger partial charge in [-0.05, 0) is 23.6 Å². The quantitative estimate of drug-likeness (QED) is 0.820. The van der Waals surface area contributed by atoms with Gasteiger partial charge in [0, 0.05) is 24.5 Å². The summed E-state index contributed by atoms with van der Waals surface area (Å²) in [6.45, 7) is 10.1. The maximum Gasteiger partial charge on any atom is 0.0568 e. The van der Waals surface area contributed by atoms with Crippen molar-refractivity contribution in [2.45, 2.75) is 41.0 Å². The molecule has 2 aromatic rings. The summed E-state index contributed by atoms with van der Waals surface area (Å²) in [6.07, 6.45) is 4.81. The van der Waals surface area contributed by atoms with E-state index in [-0.39, 0.29) is 0 Å². The van der Waals surface area contributed by atoms with Crippen LogP contribution >= 0.6 is 0 Å². The van der Waals surface area contributed by atoms with E-state index in [1.54, 1.807) is 4.68 Å². The molecule has 106 valence electrons. The van der Waals surface area contributed by atoms with Gasteiger partial charge in [-0.25, -0.2) is 0 Å². The number of rotatable bonds is 2. The van der Waals surface area contributed by atoms with E-state index in [4.69, 9.17) is 5.73 Å². The van der Waals surface area contributed by atoms with Crippen molar-refractivity contribution in [3.63, 3.8) is 0 Å². The van der Waals surface area contributed by atoms with Crippen molar-refractivity contribution in [2.24, 2.45) is 7.05 Å². The van der Waals surface area contributed by atoms with Gasteiger partial charge < -0.3 is 5.73 Å². The SMILES string of the molecule is CC.CC.CCc1ccc(-c2cnn(C)c2)cc1N. The molecule has 0 aliphatic heterocycles. The number of aromatic nitrogens is 2. The molecule has 19 heavy (non-hydrogen) atoms. The topological polar surface area (TPSA) is 43.8 Å². The van der Waals surface area contributed by atoms with Gasteiger partial charge in [0.1, 0.15) is 0 Å². The number of hydrogen-bond donors (Lipinski definition) is 1. The fraction of sp³-hybridized carbons (Fsp3) is 0.438. The molecule has 0 atom stereocenters. The van der Waals surface area contributed by atoms with E-state index in [2.05, 4.69) is 24.2 Å². The van der Waals surface area contributed by atoms with Gasteiger partial charge in [-0.1, -0.05) is 46.8 Å². The van der Waals surface area contributed by atoms with E-state index in [0.717, 1.165) is 23.2 Å². The lowest BCUT2D eigenvalue weighted by atomic mass is 10.0. The molecule has 3 nitrogen and oxygen atoms in total. The largest absolute Gasteiger partial charge is 0.398 e. The summed E-state index contributed by atoms with van der Waals surface area (Å²) in [5, 5.41) is 4.14. The van der Waals surface area contributed by atoms with Crippen molar-refractivity contribution in [3.05, 3.63) is 36.2 Å². The molecule has 0 saturated heterocycles. The zero-order valence-electron chi connectivity index (χ0n) is 13.1. The molecule has 0 bridgehead atoms. The summed E-state index contributed by atoms with van der Waals surface area (Å²) in [5.74, 6) is 0. The van der Waals surface area contributed by atoms with Gasteiger partial charge >= 0.3 is 0 Å². The van der Waals surface area contributed by atoms with E-state index < -0.39 is 0 Å². The van der Waals surface area contributed by atoms with E-state index >= 15 is 0 Å². The van der Waals surface area contributed by atoms with Crippen molar-refractivity contribution in [1.29, 1.82) is 0 Å². The Morgan fingerprint density at radius 1 is 1.11 bits per heavy atom. The highest BCUT2D eigenvalue weighted by Crippen LogP contribution is 2.23. The first-order valence-corrected chi connectivity index (χ1v) is 7.08. The smallest absolute Gasteiger partial charge is 0.0568 e. The molecule has 0 aliphatic rings. The van der Waals surface area contributed by atoms with E-state index in [1.807, 2.05) is 53.2 Å². The van der Waals surface area contributed by atoms with Crippen LogP contribution in [0.15, 0.2) is 30.6 Å². The zero-order valence-corrected chi connectivity index (χ0v) is 13.1. The Labute approximate surface area is 117 Å². The number of nitrogen functional groups attached to an aromatic ring is 1. The van der Waals surface area contributed by atoms with Crippen LogP contribution in [0, 0.1) is 0 Å². The molecule has 1 aromatic carbocycles. The minimum absolute atomic E-state index is 0.860. The average Bonchev–Trinajstić information content (AvgIpc) is 2.90. The molecule has 0 fully saturated rings. The van der Waals surface area contributed by atoms with Gasteiger partial charge in [-0.15, -0.1) is 0 Å². The van der Waals surface area contributed by atoms with Gasteiger partial charge in [0.15, 0.2) is 0 Å². The Morgan fingerprint density at radius 3 is 2.16 bits per heavy atom. The third-order valence-electron chi connectivity index (χ3n) is 2.56. The van der Waals surface area contributed by atoms with Crippen molar-refractivity contribution >= 4 is 5.69 Å². The second kappa shape index (κ2) is 9.20. The predicted molar refractivity (Wildman–Crippen MR) is 85.1 cm³/mol. The van der Waals surface area contributed by atoms with Crippen LogP contribution in [0.3, 0.4) is 0 Å². The average molecular weight is 261 g/mol. The Bertz CT molecular complexity index is 473. The highest BCUT2D eigenvalue weighted by atomic mass is 15.2. The fourth-order valence-corrected chi connectivity index (χ4v) is 1.67. The highest BCUT2D eigenvalue weighted by molar-refractivity contribution is 5.67. The normalized spacial score (nSPS) is 8.95. The maximum atomic E-state index is 5.95. The second-order valence-corrected chi connectivity index (χ2v) is 3.67. The standard InChI is InChI=1S/C12H15N3.2C2H6/c1-3-9-4-5-10(6-12(9)13)11-7-14-15(2)8-11;2*1-2/h4-8H,3,13H2,1-2H3;2*1-2H3. The third-order valence-corrected chi connectivity index (χ3v) is 2.56. The molecule has 0 unspecified atom stereocenters. The summed E-state index contributed by atoms with van der Waals surface area (Å²) in [7, 11) is 1.91. The molecular formula is C16H27N3. The van der Waals surface area contributed by atoms with Gasteiger partial charge in [-0.3, -0.25) is 4.68 Å². The van der Waals surface area contributed by atoms with E-state index in [9.17, 15) is 0 Å². The van der Waals surface area contributed by atoms with Crippen LogP contribution in [0.5, 0.6) is 0 Å². The van der Waals surface area contributed by atoms with E-state index in [0.29, 0.717) is 0 Å². The molecule has 3 heteroatoms. The molecule has 2 rings (SSSR count). The Hall–Kier alpha value is -1.77. The molecule has 2 N–H and O–H groups in total. The number of benzene rings is 1. The van der Waals surface area contributed by atoms with Gasteiger partial charge in [0.25, 0.3) is 0 Å². The van der Waals surface area contributed by atoms with Crippen molar-refractivity contribution in [3.8, 4) is 11.1 Å². The highest BCUT2D eigenvalue weighted by Gasteiger charge is 2.03. The van der Waals surface area contributed by atoms with E-state index in [1.165, 1.54) is 5.56 Å². The number of anilines is 1. The Balaban J connectivity index is 0.000000741. The van der Waals surface area contributed by atoms with Crippen LogP contribution in [0.1, 0.15) is 40.2 Å². The fourth-order valence-electron chi connectivity index (χ4n) is 1.67. The van der Waals surface area contributed by atoms with Crippen molar-refractivity contribution < 1.29 is 0 Å². The number of aryl methyl sites for hydroxylation is 2. The van der Waals surface area contributed by atoms with Crippen LogP contribution in [-0.4, -0.2) is 9.78 Å². The summed E-state index contributed by atoms with van der Waals surface area (Å²) >= 11 is 0. The Kier molecular flexibility index (Phi) is 8.34. The Morgan fingerprint density at radius 2 is 1.74 bits per heavy atom. The molecule has 0 saturated carbocycles. The number of nitrogens with zero attached hydrogens (tertiary/aromatic N) is 2. The summed E-state index contributed by atoms with van der Waals surface area (Å²) in [4.78, 5) is 0. The van der Waals surface area contributed by atoms with Crippen LogP contribution in [0.2, 0.25) is 0 Å². The van der Waals surface area contributed by atoms with Gasteiger partial charge in [0.2, 0.25) is 0 Å². The number of hydrogen-bond acceptors (Lipinski definition) is 2. The zero-order chi connectivity index (χ0) is 14.8. The van der Waals surface area contributed by atoms with Crippen LogP contribution in [0.4, 0.5) is 5.69 Å². The van der Waals surface area contributed by atoms with Crippen molar-refractivity contribution in [1.82, 2.24) is 9.78 Å². The van der Waals surface area contributed by atoms with Crippen LogP contribution < -0.4 is 5.73 Å². The first-order valence-electron chi connectivity index (χ1n) is 7.08. The van der Waals surface area contributed by atoms with Gasteiger partial charge in [0.05, 0.1) is 6.20 Å². The first-order chi connectivity index (χ1) is 9.20. The monoisotopic (exact) mass is 261 g/mol.